The first kappa shape index (κ1) is 19.2. The van der Waals surface area contributed by atoms with Gasteiger partial charge in [0.25, 0.3) is 0 Å². The third-order valence-corrected chi connectivity index (χ3v) is 3.53. The summed E-state index contributed by atoms with van der Waals surface area (Å²) in [4.78, 5) is 12.0. The molecule has 0 saturated heterocycles. The number of rotatable bonds is 10. The highest BCUT2D eigenvalue weighted by Gasteiger charge is 2.08. The Labute approximate surface area is 148 Å². The van der Waals surface area contributed by atoms with Gasteiger partial charge in [0.05, 0.1) is 18.9 Å². The Kier molecular flexibility index (Phi) is 8.18. The molecule has 0 radical (unpaired) electrons. The highest BCUT2D eigenvalue weighted by Crippen LogP contribution is 2.22. The molecule has 0 saturated carbocycles. The second kappa shape index (κ2) is 10.7. The maximum atomic E-state index is 12.0. The van der Waals surface area contributed by atoms with Gasteiger partial charge in [-0.15, -0.1) is 0 Å². The molecule has 2 N–H and O–H groups in total. The predicted octanol–water partition coefficient (Wildman–Crippen LogP) is 3.38. The minimum atomic E-state index is -0.362. The number of fused-ring (bicyclic) bond motifs is 1. The Morgan fingerprint density at radius 3 is 2.52 bits per heavy atom. The van der Waals surface area contributed by atoms with Crippen molar-refractivity contribution < 1.29 is 19.0 Å². The normalized spacial score (nSPS) is 11.0. The van der Waals surface area contributed by atoms with Crippen LogP contribution in [-0.2, 0) is 14.2 Å². The lowest BCUT2D eigenvalue weighted by Gasteiger charge is -2.17. The van der Waals surface area contributed by atoms with E-state index >= 15 is 0 Å². The number of urea groups is 1. The molecule has 2 aromatic carbocycles. The van der Waals surface area contributed by atoms with Crippen LogP contribution < -0.4 is 10.6 Å². The number of nitrogens with one attached hydrogen (secondary N) is 2. The van der Waals surface area contributed by atoms with E-state index in [9.17, 15) is 4.79 Å². The molecule has 6 heteroatoms. The molecule has 6 nitrogen and oxygen atoms in total. The number of ether oxygens (including phenoxy) is 3. The topological polar surface area (TPSA) is 68.8 Å². The van der Waals surface area contributed by atoms with Crippen molar-refractivity contribution in [3.05, 3.63) is 42.5 Å². The van der Waals surface area contributed by atoms with Gasteiger partial charge in [-0.2, -0.15) is 0 Å². The largest absolute Gasteiger partial charge is 0.374 e. The van der Waals surface area contributed by atoms with Crippen LogP contribution in [0.1, 0.15) is 13.8 Å². The fraction of sp³-hybridized carbons (Fsp3) is 0.421. The van der Waals surface area contributed by atoms with E-state index in [1.165, 1.54) is 0 Å². The van der Waals surface area contributed by atoms with Gasteiger partial charge in [-0.1, -0.05) is 36.4 Å². The summed E-state index contributed by atoms with van der Waals surface area (Å²) in [7, 11) is 0. The Morgan fingerprint density at radius 2 is 1.76 bits per heavy atom. The number of benzene rings is 2. The van der Waals surface area contributed by atoms with Crippen molar-refractivity contribution in [1.29, 1.82) is 0 Å². The van der Waals surface area contributed by atoms with Crippen LogP contribution in [0.4, 0.5) is 10.5 Å². The molecule has 0 bridgehead atoms. The highest BCUT2D eigenvalue weighted by atomic mass is 16.7. The molecule has 2 amide bonds. The smallest absolute Gasteiger partial charge is 0.319 e. The summed E-state index contributed by atoms with van der Waals surface area (Å²) in [6.07, 6.45) is -0.362. The fourth-order valence-corrected chi connectivity index (χ4v) is 2.43. The quantitative estimate of drug-likeness (QED) is 0.511. The van der Waals surface area contributed by atoms with Gasteiger partial charge >= 0.3 is 6.03 Å². The first-order chi connectivity index (χ1) is 12.2. The SMILES string of the molecule is CCOC(COCCNC(=O)Nc1cccc2ccccc12)OCC. The molecule has 25 heavy (non-hydrogen) atoms. The predicted molar refractivity (Wildman–Crippen MR) is 98.8 cm³/mol. The second-order valence-electron chi connectivity index (χ2n) is 5.32. The van der Waals surface area contributed by atoms with Gasteiger partial charge in [-0.25, -0.2) is 4.79 Å². The fourth-order valence-electron chi connectivity index (χ4n) is 2.43. The third-order valence-electron chi connectivity index (χ3n) is 3.53. The lowest BCUT2D eigenvalue weighted by atomic mass is 10.1. The molecule has 0 aliphatic rings. The van der Waals surface area contributed by atoms with Crippen LogP contribution in [-0.4, -0.2) is 45.3 Å². The van der Waals surface area contributed by atoms with Crippen LogP contribution in [0.5, 0.6) is 0 Å². The van der Waals surface area contributed by atoms with Gasteiger partial charge < -0.3 is 24.8 Å². The summed E-state index contributed by atoms with van der Waals surface area (Å²) < 4.78 is 16.2. The maximum Gasteiger partial charge on any atom is 0.319 e. The number of hydrogen-bond donors (Lipinski definition) is 2. The van der Waals surface area contributed by atoms with Crippen molar-refractivity contribution in [3.63, 3.8) is 0 Å². The zero-order valence-electron chi connectivity index (χ0n) is 14.8. The van der Waals surface area contributed by atoms with E-state index in [1.54, 1.807) is 0 Å². The summed E-state index contributed by atoms with van der Waals surface area (Å²) in [6, 6.07) is 13.5. The van der Waals surface area contributed by atoms with E-state index in [1.807, 2.05) is 56.3 Å². The lowest BCUT2D eigenvalue weighted by Crippen LogP contribution is -2.32. The van der Waals surface area contributed by atoms with Gasteiger partial charge in [0.1, 0.15) is 0 Å². The Balaban J connectivity index is 1.72. The molecule has 0 unspecified atom stereocenters. The average Bonchev–Trinajstić information content (AvgIpc) is 2.62. The van der Waals surface area contributed by atoms with Crippen molar-refractivity contribution in [3.8, 4) is 0 Å². The van der Waals surface area contributed by atoms with Crippen LogP contribution in [0.25, 0.3) is 10.8 Å². The first-order valence-electron chi connectivity index (χ1n) is 8.58. The molecule has 136 valence electrons. The van der Waals surface area contributed by atoms with Crippen LogP contribution in [0, 0.1) is 0 Å². The monoisotopic (exact) mass is 346 g/mol. The molecule has 2 rings (SSSR count). The molecular formula is C19H26N2O4. The first-order valence-corrected chi connectivity index (χ1v) is 8.58. The maximum absolute atomic E-state index is 12.0. The summed E-state index contributed by atoms with van der Waals surface area (Å²) in [5.74, 6) is 0. The molecule has 0 aliphatic carbocycles. The van der Waals surface area contributed by atoms with E-state index < -0.39 is 0 Å². The summed E-state index contributed by atoms with van der Waals surface area (Å²) >= 11 is 0. The highest BCUT2D eigenvalue weighted by molar-refractivity contribution is 6.01. The summed E-state index contributed by atoms with van der Waals surface area (Å²) in [5.41, 5.74) is 0.782. The zero-order valence-corrected chi connectivity index (χ0v) is 14.8. The van der Waals surface area contributed by atoms with Gasteiger partial charge in [0, 0.05) is 25.1 Å². The molecule has 0 atom stereocenters. The summed E-state index contributed by atoms with van der Waals surface area (Å²) in [6.45, 7) is 6.09. The molecule has 0 aliphatic heterocycles. The van der Waals surface area contributed by atoms with E-state index in [2.05, 4.69) is 10.6 Å². The Bertz CT molecular complexity index is 651. The molecule has 0 heterocycles. The van der Waals surface area contributed by atoms with Crippen molar-refractivity contribution in [2.75, 3.05) is 38.3 Å². The minimum absolute atomic E-state index is 0.258. The average molecular weight is 346 g/mol. The standard InChI is InChI=1S/C19H26N2O4/c1-3-24-18(25-4-2)14-23-13-12-20-19(22)21-17-11-7-9-15-8-5-6-10-16(15)17/h5-11,18H,3-4,12-14H2,1-2H3,(H2,20,21,22). The number of anilines is 1. The van der Waals surface area contributed by atoms with Gasteiger partial charge in [0.15, 0.2) is 6.29 Å². The van der Waals surface area contributed by atoms with E-state index in [4.69, 9.17) is 14.2 Å². The van der Waals surface area contributed by atoms with Crippen LogP contribution in [0.15, 0.2) is 42.5 Å². The minimum Gasteiger partial charge on any atom is -0.374 e. The van der Waals surface area contributed by atoms with E-state index in [0.29, 0.717) is 33.0 Å². The van der Waals surface area contributed by atoms with E-state index in [-0.39, 0.29) is 12.3 Å². The van der Waals surface area contributed by atoms with Gasteiger partial charge in [-0.3, -0.25) is 0 Å². The van der Waals surface area contributed by atoms with E-state index in [0.717, 1.165) is 16.5 Å². The second-order valence-corrected chi connectivity index (χ2v) is 5.32. The lowest BCUT2D eigenvalue weighted by molar-refractivity contribution is -0.166. The van der Waals surface area contributed by atoms with Crippen molar-refractivity contribution in [2.45, 2.75) is 20.1 Å². The molecular weight excluding hydrogens is 320 g/mol. The van der Waals surface area contributed by atoms with Crippen molar-refractivity contribution in [1.82, 2.24) is 5.32 Å². The number of carbonyl (C=O) groups excluding carboxylic acids is 1. The molecule has 0 aromatic heterocycles. The Hall–Kier alpha value is -2.15. The zero-order chi connectivity index (χ0) is 17.9. The number of hydrogen-bond acceptors (Lipinski definition) is 4. The van der Waals surface area contributed by atoms with Crippen LogP contribution in [0.2, 0.25) is 0 Å². The molecule has 0 spiro atoms. The molecule has 0 fully saturated rings. The number of amides is 2. The van der Waals surface area contributed by atoms with Crippen molar-refractivity contribution >= 4 is 22.5 Å². The molecule has 2 aromatic rings. The summed E-state index contributed by atoms with van der Waals surface area (Å²) in [5, 5.41) is 7.74. The van der Waals surface area contributed by atoms with Crippen LogP contribution >= 0.6 is 0 Å². The van der Waals surface area contributed by atoms with Gasteiger partial charge in [-0.05, 0) is 25.3 Å². The Morgan fingerprint density at radius 1 is 1.04 bits per heavy atom. The van der Waals surface area contributed by atoms with Crippen LogP contribution in [0.3, 0.4) is 0 Å². The number of carbonyl (C=O) groups is 1. The van der Waals surface area contributed by atoms with Crippen molar-refractivity contribution in [2.24, 2.45) is 0 Å². The third kappa shape index (κ3) is 6.34. The van der Waals surface area contributed by atoms with Gasteiger partial charge in [0.2, 0.25) is 0 Å².